The minimum absolute atomic E-state index is 0.209. The van der Waals surface area contributed by atoms with Crippen LogP contribution in [-0.4, -0.2) is 35.4 Å². The molecule has 20 heavy (non-hydrogen) atoms. The SMILES string of the molecule is OC1(CNC2CCCOc3c(Cl)cccc32)CCSC1. The van der Waals surface area contributed by atoms with Crippen LogP contribution in [0.15, 0.2) is 18.2 Å². The lowest BCUT2D eigenvalue weighted by Crippen LogP contribution is -2.41. The Hall–Kier alpha value is -0.420. The van der Waals surface area contributed by atoms with E-state index in [4.69, 9.17) is 16.3 Å². The van der Waals surface area contributed by atoms with E-state index in [2.05, 4.69) is 11.4 Å². The highest BCUT2D eigenvalue weighted by molar-refractivity contribution is 7.99. The van der Waals surface area contributed by atoms with Gasteiger partial charge in [-0.1, -0.05) is 23.7 Å². The molecule has 0 saturated carbocycles. The minimum atomic E-state index is -0.559. The van der Waals surface area contributed by atoms with Crippen LogP contribution in [0.4, 0.5) is 0 Å². The molecule has 2 N–H and O–H groups in total. The average Bonchev–Trinajstić information content (AvgIpc) is 2.75. The molecule has 1 aromatic rings. The lowest BCUT2D eigenvalue weighted by atomic mass is 9.99. The van der Waals surface area contributed by atoms with Gasteiger partial charge in [0.15, 0.2) is 0 Å². The summed E-state index contributed by atoms with van der Waals surface area (Å²) in [6.07, 6.45) is 2.88. The van der Waals surface area contributed by atoms with Crippen LogP contribution >= 0.6 is 23.4 Å². The standard InChI is InChI=1S/C15H20ClNO2S/c16-12-4-1-3-11-13(5-2-7-19-14(11)12)17-9-15(18)6-8-20-10-15/h1,3-4,13,17-18H,2,5-10H2. The van der Waals surface area contributed by atoms with E-state index in [1.165, 1.54) is 0 Å². The van der Waals surface area contributed by atoms with E-state index in [-0.39, 0.29) is 6.04 Å². The first kappa shape index (κ1) is 14.5. The largest absolute Gasteiger partial charge is 0.492 e. The zero-order valence-electron chi connectivity index (χ0n) is 11.4. The lowest BCUT2D eigenvalue weighted by Gasteiger charge is -2.26. The summed E-state index contributed by atoms with van der Waals surface area (Å²) in [6.45, 7) is 1.34. The van der Waals surface area contributed by atoms with Crippen molar-refractivity contribution in [3.05, 3.63) is 28.8 Å². The van der Waals surface area contributed by atoms with E-state index in [1.54, 1.807) is 0 Å². The molecule has 1 fully saturated rings. The fourth-order valence-corrected chi connectivity index (χ4v) is 4.36. The minimum Gasteiger partial charge on any atom is -0.492 e. The van der Waals surface area contributed by atoms with Crippen LogP contribution in [0.2, 0.25) is 5.02 Å². The Balaban J connectivity index is 1.75. The van der Waals surface area contributed by atoms with E-state index in [9.17, 15) is 5.11 Å². The van der Waals surface area contributed by atoms with Gasteiger partial charge in [0.2, 0.25) is 0 Å². The van der Waals surface area contributed by atoms with Crippen LogP contribution in [0.25, 0.3) is 0 Å². The van der Waals surface area contributed by atoms with E-state index in [1.807, 2.05) is 23.9 Å². The Morgan fingerprint density at radius 2 is 2.40 bits per heavy atom. The van der Waals surface area contributed by atoms with Gasteiger partial charge in [0.05, 0.1) is 17.2 Å². The first-order valence-electron chi connectivity index (χ1n) is 7.13. The third kappa shape index (κ3) is 3.08. The molecular weight excluding hydrogens is 294 g/mol. The van der Waals surface area contributed by atoms with Crippen LogP contribution in [0, 0.1) is 0 Å². The first-order chi connectivity index (χ1) is 9.68. The zero-order valence-corrected chi connectivity index (χ0v) is 13.0. The van der Waals surface area contributed by atoms with E-state index >= 15 is 0 Å². The molecule has 1 aromatic carbocycles. The number of halogens is 1. The predicted molar refractivity (Wildman–Crippen MR) is 83.8 cm³/mol. The summed E-state index contributed by atoms with van der Waals surface area (Å²) in [5.74, 6) is 2.68. The van der Waals surface area contributed by atoms with Gasteiger partial charge in [0, 0.05) is 23.9 Å². The number of thioether (sulfide) groups is 1. The van der Waals surface area contributed by atoms with Crippen molar-refractivity contribution in [2.75, 3.05) is 24.7 Å². The van der Waals surface area contributed by atoms with Crippen molar-refractivity contribution in [3.8, 4) is 5.75 Å². The normalized spacial score (nSPS) is 29.6. The molecule has 0 amide bonds. The van der Waals surface area contributed by atoms with Crippen LogP contribution < -0.4 is 10.1 Å². The van der Waals surface area contributed by atoms with Gasteiger partial charge < -0.3 is 15.2 Å². The molecule has 3 nitrogen and oxygen atoms in total. The average molecular weight is 314 g/mol. The summed E-state index contributed by atoms with van der Waals surface area (Å²) in [5, 5.41) is 14.7. The number of hydrogen-bond donors (Lipinski definition) is 2. The second kappa shape index (κ2) is 6.14. The molecule has 0 aliphatic carbocycles. The van der Waals surface area contributed by atoms with Gasteiger partial charge in [0.25, 0.3) is 0 Å². The summed E-state index contributed by atoms with van der Waals surface area (Å²) in [5.41, 5.74) is 0.556. The Bertz CT molecular complexity index is 477. The number of hydrogen-bond acceptors (Lipinski definition) is 4. The molecule has 0 bridgehead atoms. The third-order valence-electron chi connectivity index (χ3n) is 4.02. The quantitative estimate of drug-likeness (QED) is 0.900. The van der Waals surface area contributed by atoms with Gasteiger partial charge >= 0.3 is 0 Å². The van der Waals surface area contributed by atoms with Crippen molar-refractivity contribution >= 4 is 23.4 Å². The first-order valence-corrected chi connectivity index (χ1v) is 8.66. The zero-order chi connectivity index (χ0) is 14.0. The summed E-state index contributed by atoms with van der Waals surface area (Å²) >= 11 is 8.05. The molecule has 0 radical (unpaired) electrons. The van der Waals surface area contributed by atoms with Gasteiger partial charge in [-0.15, -0.1) is 0 Å². The maximum absolute atomic E-state index is 10.5. The Morgan fingerprint density at radius 1 is 1.50 bits per heavy atom. The summed E-state index contributed by atoms with van der Waals surface area (Å²) in [6, 6.07) is 6.10. The molecule has 2 atom stereocenters. The molecule has 2 heterocycles. The number of benzene rings is 1. The Kier molecular flexibility index (Phi) is 4.46. The van der Waals surface area contributed by atoms with Crippen molar-refractivity contribution in [1.29, 1.82) is 0 Å². The summed E-state index contributed by atoms with van der Waals surface area (Å²) < 4.78 is 5.77. The number of rotatable bonds is 3. The fraction of sp³-hybridized carbons (Fsp3) is 0.600. The topological polar surface area (TPSA) is 41.5 Å². The summed E-state index contributed by atoms with van der Waals surface area (Å²) in [4.78, 5) is 0. The van der Waals surface area contributed by atoms with Crippen LogP contribution in [0.3, 0.4) is 0 Å². The molecule has 1 saturated heterocycles. The second-order valence-corrected chi connectivity index (χ2v) is 7.12. The molecule has 5 heteroatoms. The highest BCUT2D eigenvalue weighted by Gasteiger charge is 2.33. The number of para-hydroxylation sites is 1. The summed E-state index contributed by atoms with van der Waals surface area (Å²) in [7, 11) is 0. The Labute approximate surface area is 129 Å². The molecule has 2 aliphatic rings. The number of nitrogens with one attached hydrogen (secondary N) is 1. The van der Waals surface area contributed by atoms with Gasteiger partial charge in [-0.3, -0.25) is 0 Å². The van der Waals surface area contributed by atoms with E-state index in [0.717, 1.165) is 42.1 Å². The smallest absolute Gasteiger partial charge is 0.142 e. The van der Waals surface area contributed by atoms with Crippen LogP contribution in [-0.2, 0) is 0 Å². The maximum atomic E-state index is 10.5. The van der Waals surface area contributed by atoms with Crippen LogP contribution in [0.5, 0.6) is 5.75 Å². The van der Waals surface area contributed by atoms with Crippen molar-refractivity contribution in [3.63, 3.8) is 0 Å². The van der Waals surface area contributed by atoms with Crippen LogP contribution in [0.1, 0.15) is 30.9 Å². The number of fused-ring (bicyclic) bond motifs is 1. The highest BCUT2D eigenvalue weighted by atomic mass is 35.5. The predicted octanol–water partition coefficient (Wildman–Crippen LogP) is 3.01. The monoisotopic (exact) mass is 313 g/mol. The molecule has 110 valence electrons. The highest BCUT2D eigenvalue weighted by Crippen LogP contribution is 2.37. The van der Waals surface area contributed by atoms with Crippen molar-refractivity contribution in [2.24, 2.45) is 0 Å². The maximum Gasteiger partial charge on any atom is 0.142 e. The Morgan fingerprint density at radius 3 is 3.20 bits per heavy atom. The van der Waals surface area contributed by atoms with Crippen molar-refractivity contribution < 1.29 is 9.84 Å². The molecule has 0 aromatic heterocycles. The lowest BCUT2D eigenvalue weighted by molar-refractivity contribution is 0.0642. The van der Waals surface area contributed by atoms with Gasteiger partial charge in [-0.05, 0) is 31.1 Å². The van der Waals surface area contributed by atoms with E-state index < -0.39 is 5.60 Å². The molecule has 0 spiro atoms. The number of aliphatic hydroxyl groups is 1. The van der Waals surface area contributed by atoms with Gasteiger partial charge in [-0.2, -0.15) is 11.8 Å². The second-order valence-electron chi connectivity index (χ2n) is 5.61. The van der Waals surface area contributed by atoms with Crippen molar-refractivity contribution in [1.82, 2.24) is 5.32 Å². The fourth-order valence-electron chi connectivity index (χ4n) is 2.83. The van der Waals surface area contributed by atoms with Crippen molar-refractivity contribution in [2.45, 2.75) is 30.9 Å². The molecule has 3 rings (SSSR count). The molecular formula is C15H20ClNO2S. The number of ether oxygens (including phenoxy) is 1. The third-order valence-corrected chi connectivity index (χ3v) is 5.55. The van der Waals surface area contributed by atoms with E-state index in [0.29, 0.717) is 18.2 Å². The molecule has 2 unspecified atom stereocenters. The van der Waals surface area contributed by atoms with Gasteiger partial charge in [-0.25, -0.2) is 0 Å². The van der Waals surface area contributed by atoms with Gasteiger partial charge in [0.1, 0.15) is 5.75 Å². The molecule has 2 aliphatic heterocycles.